The summed E-state index contributed by atoms with van der Waals surface area (Å²) >= 11 is 0. The number of hydroxylamine groups is 1. The van der Waals surface area contributed by atoms with Gasteiger partial charge in [-0.05, 0) is 41.5 Å². The van der Waals surface area contributed by atoms with Gasteiger partial charge in [0.1, 0.15) is 5.75 Å². The van der Waals surface area contributed by atoms with E-state index in [1.807, 2.05) is 78.3 Å². The van der Waals surface area contributed by atoms with E-state index in [1.54, 1.807) is 17.0 Å². The average molecular weight is 384 g/mol. The van der Waals surface area contributed by atoms with E-state index in [2.05, 4.69) is 6.58 Å². The van der Waals surface area contributed by atoms with Crippen LogP contribution in [0.2, 0.25) is 0 Å². The van der Waals surface area contributed by atoms with Crippen molar-refractivity contribution in [2.45, 2.75) is 6.54 Å². The average Bonchev–Trinajstić information content (AvgIpc) is 2.88. The summed E-state index contributed by atoms with van der Waals surface area (Å²) in [5.74, 6) is 1.12. The molecular weight excluding hydrogens is 364 g/mol. The van der Waals surface area contributed by atoms with Crippen molar-refractivity contribution >= 4 is 17.7 Å². The summed E-state index contributed by atoms with van der Waals surface area (Å²) in [5.41, 5.74) is 5.62. The number of carbonyl (C=O) groups excluding carboxylic acids is 1. The summed E-state index contributed by atoms with van der Waals surface area (Å²) in [6, 6.07) is 22.7. The first kappa shape index (κ1) is 18.5. The number of nitrogens with one attached hydrogen (secondary N) is 1. The summed E-state index contributed by atoms with van der Waals surface area (Å²) in [4.78, 5) is 15.0. The number of hydrogen-bond acceptors (Lipinski definition) is 4. The Bertz CT molecular complexity index is 1090. The highest BCUT2D eigenvalue weighted by atomic mass is 16.5. The van der Waals surface area contributed by atoms with Crippen LogP contribution < -0.4 is 15.1 Å². The van der Waals surface area contributed by atoms with Crippen molar-refractivity contribution in [2.24, 2.45) is 0 Å². The molecule has 0 aliphatic carbocycles. The van der Waals surface area contributed by atoms with Gasteiger partial charge in [-0.1, -0.05) is 61.2 Å². The first-order valence-electron chi connectivity index (χ1n) is 9.19. The lowest BCUT2D eigenvalue weighted by Gasteiger charge is -2.22. The van der Waals surface area contributed by atoms with Gasteiger partial charge in [0, 0.05) is 0 Å². The smallest absolute Gasteiger partial charge is 0.262 e. The summed E-state index contributed by atoms with van der Waals surface area (Å²) in [6.45, 7) is 4.06. The molecule has 1 amide bonds. The fourth-order valence-corrected chi connectivity index (χ4v) is 3.18. The standard InChI is InChI=1S/C24H20N2O3/c1-17(25-28)10-11-18-12-14-19(15-13-18)16-26-21-7-3-5-9-23(21)29-22-8-4-2-6-20(22)24(26)27/h2-15,25,28H,1,16H2/b11-10+. The van der Waals surface area contributed by atoms with Gasteiger partial charge in [-0.3, -0.25) is 15.5 Å². The number of para-hydroxylation sites is 3. The molecule has 1 aliphatic heterocycles. The Kier molecular flexibility index (Phi) is 5.14. The summed E-state index contributed by atoms with van der Waals surface area (Å²) in [5, 5.41) is 8.79. The minimum Gasteiger partial charge on any atom is -0.454 e. The number of carbonyl (C=O) groups is 1. The van der Waals surface area contributed by atoms with Crippen LogP contribution in [-0.2, 0) is 6.54 Å². The van der Waals surface area contributed by atoms with Crippen LogP contribution in [-0.4, -0.2) is 11.1 Å². The molecule has 4 rings (SSSR count). The number of fused-ring (bicyclic) bond motifs is 2. The van der Waals surface area contributed by atoms with E-state index in [1.165, 1.54) is 0 Å². The van der Waals surface area contributed by atoms with Gasteiger partial charge in [0.2, 0.25) is 0 Å². The molecule has 0 fully saturated rings. The van der Waals surface area contributed by atoms with E-state index in [0.717, 1.165) is 16.8 Å². The number of hydrogen-bond donors (Lipinski definition) is 2. The highest BCUT2D eigenvalue weighted by molar-refractivity contribution is 6.09. The van der Waals surface area contributed by atoms with E-state index < -0.39 is 0 Å². The summed E-state index contributed by atoms with van der Waals surface area (Å²) in [7, 11) is 0. The zero-order valence-corrected chi connectivity index (χ0v) is 15.7. The number of anilines is 1. The van der Waals surface area contributed by atoms with Crippen LogP contribution in [0, 0.1) is 0 Å². The van der Waals surface area contributed by atoms with Gasteiger partial charge in [-0.25, -0.2) is 0 Å². The molecule has 0 atom stereocenters. The molecule has 0 saturated heterocycles. The highest BCUT2D eigenvalue weighted by Crippen LogP contribution is 2.39. The van der Waals surface area contributed by atoms with Crippen LogP contribution in [0.3, 0.4) is 0 Å². The van der Waals surface area contributed by atoms with Crippen LogP contribution in [0.1, 0.15) is 21.5 Å². The van der Waals surface area contributed by atoms with E-state index in [4.69, 9.17) is 9.94 Å². The van der Waals surface area contributed by atoms with Crippen molar-refractivity contribution in [3.05, 3.63) is 108 Å². The van der Waals surface area contributed by atoms with Gasteiger partial charge >= 0.3 is 0 Å². The minimum absolute atomic E-state index is 0.0974. The summed E-state index contributed by atoms with van der Waals surface area (Å²) in [6.07, 6.45) is 3.52. The van der Waals surface area contributed by atoms with E-state index >= 15 is 0 Å². The van der Waals surface area contributed by atoms with Crippen molar-refractivity contribution in [1.82, 2.24) is 5.48 Å². The molecule has 1 aliphatic rings. The van der Waals surface area contributed by atoms with E-state index in [9.17, 15) is 4.79 Å². The molecule has 0 bridgehead atoms. The number of amides is 1. The quantitative estimate of drug-likeness (QED) is 0.472. The zero-order valence-electron chi connectivity index (χ0n) is 15.7. The molecule has 5 nitrogen and oxygen atoms in total. The van der Waals surface area contributed by atoms with Gasteiger partial charge < -0.3 is 9.64 Å². The second kappa shape index (κ2) is 8.04. The van der Waals surface area contributed by atoms with E-state index in [-0.39, 0.29) is 5.91 Å². The normalized spacial score (nSPS) is 12.7. The lowest BCUT2D eigenvalue weighted by Crippen LogP contribution is -2.29. The van der Waals surface area contributed by atoms with Gasteiger partial charge in [0.05, 0.1) is 23.5 Å². The lowest BCUT2D eigenvalue weighted by atomic mass is 10.1. The van der Waals surface area contributed by atoms with Crippen LogP contribution in [0.5, 0.6) is 11.5 Å². The fraction of sp³-hybridized carbons (Fsp3) is 0.0417. The Hall–Kier alpha value is -3.83. The molecule has 5 heteroatoms. The predicted molar refractivity (Wildman–Crippen MR) is 113 cm³/mol. The van der Waals surface area contributed by atoms with Gasteiger partial charge in [-0.15, -0.1) is 0 Å². The zero-order chi connectivity index (χ0) is 20.2. The maximum atomic E-state index is 13.3. The Labute approximate surface area is 169 Å². The van der Waals surface area contributed by atoms with Crippen molar-refractivity contribution in [3.63, 3.8) is 0 Å². The highest BCUT2D eigenvalue weighted by Gasteiger charge is 2.27. The molecular formula is C24H20N2O3. The largest absolute Gasteiger partial charge is 0.454 e. The van der Waals surface area contributed by atoms with Crippen molar-refractivity contribution in [3.8, 4) is 11.5 Å². The molecule has 144 valence electrons. The third kappa shape index (κ3) is 3.90. The van der Waals surface area contributed by atoms with Crippen LogP contribution in [0.4, 0.5) is 5.69 Å². The first-order chi connectivity index (χ1) is 14.2. The molecule has 29 heavy (non-hydrogen) atoms. The second-order valence-corrected chi connectivity index (χ2v) is 6.67. The van der Waals surface area contributed by atoms with Crippen molar-refractivity contribution in [2.75, 3.05) is 4.90 Å². The minimum atomic E-state index is -0.0974. The molecule has 0 aromatic heterocycles. The predicted octanol–water partition coefficient (Wildman–Crippen LogP) is 5.15. The van der Waals surface area contributed by atoms with Crippen LogP contribution >= 0.6 is 0 Å². The van der Waals surface area contributed by atoms with Crippen molar-refractivity contribution < 1.29 is 14.7 Å². The topological polar surface area (TPSA) is 61.8 Å². The second-order valence-electron chi connectivity index (χ2n) is 6.67. The Morgan fingerprint density at radius 3 is 2.45 bits per heavy atom. The van der Waals surface area contributed by atoms with Crippen LogP contribution in [0.15, 0.2) is 91.1 Å². The van der Waals surface area contributed by atoms with Gasteiger partial charge in [0.15, 0.2) is 5.75 Å². The Morgan fingerprint density at radius 2 is 1.69 bits per heavy atom. The number of benzene rings is 3. The lowest BCUT2D eigenvalue weighted by molar-refractivity contribution is 0.0985. The van der Waals surface area contributed by atoms with Gasteiger partial charge in [0.25, 0.3) is 5.91 Å². The Morgan fingerprint density at radius 1 is 1.00 bits per heavy atom. The van der Waals surface area contributed by atoms with Crippen LogP contribution in [0.25, 0.3) is 6.08 Å². The SMILES string of the molecule is C=C(/C=C/c1ccc(CN2C(=O)c3ccccc3Oc3ccccc32)cc1)NO. The monoisotopic (exact) mass is 384 g/mol. The molecule has 0 spiro atoms. The third-order valence-electron chi connectivity index (χ3n) is 4.68. The first-order valence-corrected chi connectivity index (χ1v) is 9.19. The molecule has 0 saturated carbocycles. The molecule has 3 aromatic carbocycles. The number of nitrogens with zero attached hydrogens (tertiary/aromatic N) is 1. The number of ether oxygens (including phenoxy) is 1. The third-order valence-corrected chi connectivity index (χ3v) is 4.68. The number of rotatable bonds is 5. The molecule has 2 N–H and O–H groups in total. The summed E-state index contributed by atoms with van der Waals surface area (Å²) < 4.78 is 6.02. The van der Waals surface area contributed by atoms with Gasteiger partial charge in [-0.2, -0.15) is 0 Å². The van der Waals surface area contributed by atoms with E-state index in [0.29, 0.717) is 29.3 Å². The molecule has 0 unspecified atom stereocenters. The molecule has 3 aromatic rings. The Balaban J connectivity index is 1.64. The maximum Gasteiger partial charge on any atom is 0.262 e. The maximum absolute atomic E-state index is 13.3. The number of allylic oxidation sites excluding steroid dienone is 1. The molecule has 0 radical (unpaired) electrons. The molecule has 1 heterocycles. The van der Waals surface area contributed by atoms with Crippen molar-refractivity contribution in [1.29, 1.82) is 0 Å². The fourth-order valence-electron chi connectivity index (χ4n) is 3.18.